The number of barbiturate groups is 1. The summed E-state index contributed by atoms with van der Waals surface area (Å²) in [4.78, 5) is 39.4. The Morgan fingerprint density at radius 2 is 1.56 bits per heavy atom. The van der Waals surface area contributed by atoms with Crippen molar-refractivity contribution in [2.75, 3.05) is 32.3 Å². The number of methoxy groups -OCH3 is 2. The van der Waals surface area contributed by atoms with Gasteiger partial charge in [0.1, 0.15) is 28.6 Å². The van der Waals surface area contributed by atoms with E-state index in [1.807, 2.05) is 6.92 Å². The number of carbonyl (C=O) groups is 3. The molecule has 0 atom stereocenters. The molecule has 1 N–H and O–H groups in total. The van der Waals surface area contributed by atoms with Gasteiger partial charge < -0.3 is 18.9 Å². The van der Waals surface area contributed by atoms with Crippen LogP contribution < -0.4 is 29.2 Å². The highest BCUT2D eigenvalue weighted by molar-refractivity contribution is 6.39. The number of hydrogen-bond donors (Lipinski definition) is 1. The fourth-order valence-corrected chi connectivity index (χ4v) is 3.19. The number of nitrogens with one attached hydrogen (secondary N) is 1. The number of carbonyl (C=O) groups excluding carboxylic acids is 3. The van der Waals surface area contributed by atoms with Crippen molar-refractivity contribution in [3.05, 3.63) is 47.5 Å². The Labute approximate surface area is 185 Å². The van der Waals surface area contributed by atoms with E-state index in [1.165, 1.54) is 26.4 Å². The third-order valence-electron chi connectivity index (χ3n) is 4.62. The van der Waals surface area contributed by atoms with Crippen LogP contribution in [0.5, 0.6) is 23.0 Å². The quantitative estimate of drug-likeness (QED) is 0.497. The van der Waals surface area contributed by atoms with Gasteiger partial charge in [-0.3, -0.25) is 14.9 Å². The van der Waals surface area contributed by atoms with E-state index in [1.54, 1.807) is 37.3 Å². The minimum Gasteiger partial charge on any atom is -0.497 e. The van der Waals surface area contributed by atoms with Gasteiger partial charge in [0.25, 0.3) is 11.8 Å². The van der Waals surface area contributed by atoms with E-state index in [-0.39, 0.29) is 11.3 Å². The van der Waals surface area contributed by atoms with Crippen molar-refractivity contribution in [1.82, 2.24) is 5.32 Å². The second-order valence-corrected chi connectivity index (χ2v) is 6.56. The molecular formula is C23H24N2O7. The lowest BCUT2D eigenvalue weighted by molar-refractivity contribution is -0.122. The topological polar surface area (TPSA) is 103 Å². The monoisotopic (exact) mass is 440 g/mol. The lowest BCUT2D eigenvalue weighted by Crippen LogP contribution is -2.54. The largest absolute Gasteiger partial charge is 0.497 e. The van der Waals surface area contributed by atoms with Crippen LogP contribution in [0.3, 0.4) is 0 Å². The summed E-state index contributed by atoms with van der Waals surface area (Å²) in [5.41, 5.74) is 0.351. The van der Waals surface area contributed by atoms with Gasteiger partial charge >= 0.3 is 6.03 Å². The third-order valence-corrected chi connectivity index (χ3v) is 4.62. The Hall–Kier alpha value is -4.01. The second kappa shape index (κ2) is 9.86. The number of imide groups is 2. The molecule has 3 rings (SSSR count). The maximum absolute atomic E-state index is 13.3. The van der Waals surface area contributed by atoms with E-state index in [4.69, 9.17) is 18.9 Å². The smallest absolute Gasteiger partial charge is 0.336 e. The van der Waals surface area contributed by atoms with Crippen LogP contribution in [0.25, 0.3) is 6.08 Å². The predicted octanol–water partition coefficient (Wildman–Crippen LogP) is 3.17. The molecule has 2 aromatic carbocycles. The molecule has 0 aromatic heterocycles. The Morgan fingerprint density at radius 3 is 2.22 bits per heavy atom. The number of anilines is 1. The van der Waals surface area contributed by atoms with Crippen molar-refractivity contribution in [3.8, 4) is 23.0 Å². The predicted molar refractivity (Wildman–Crippen MR) is 117 cm³/mol. The van der Waals surface area contributed by atoms with Gasteiger partial charge in [-0.1, -0.05) is 0 Å². The molecule has 1 fully saturated rings. The average Bonchev–Trinajstić information content (AvgIpc) is 2.78. The van der Waals surface area contributed by atoms with Crippen molar-refractivity contribution in [1.29, 1.82) is 0 Å². The summed E-state index contributed by atoms with van der Waals surface area (Å²) in [6.45, 7) is 4.30. The van der Waals surface area contributed by atoms with E-state index in [2.05, 4.69) is 5.32 Å². The zero-order chi connectivity index (χ0) is 23.3. The number of urea groups is 1. The van der Waals surface area contributed by atoms with Crippen molar-refractivity contribution >= 4 is 29.6 Å². The van der Waals surface area contributed by atoms with Gasteiger partial charge in [-0.05, 0) is 50.3 Å². The van der Waals surface area contributed by atoms with E-state index < -0.39 is 17.8 Å². The minimum atomic E-state index is -0.885. The van der Waals surface area contributed by atoms with Crippen molar-refractivity contribution in [2.24, 2.45) is 0 Å². The van der Waals surface area contributed by atoms with Crippen LogP contribution >= 0.6 is 0 Å². The molecule has 0 bridgehead atoms. The van der Waals surface area contributed by atoms with Gasteiger partial charge in [-0.25, -0.2) is 9.69 Å². The van der Waals surface area contributed by atoms with Crippen LogP contribution in [0.1, 0.15) is 19.4 Å². The fourth-order valence-electron chi connectivity index (χ4n) is 3.19. The zero-order valence-electron chi connectivity index (χ0n) is 18.3. The number of nitrogens with zero attached hydrogens (tertiary/aromatic N) is 1. The van der Waals surface area contributed by atoms with E-state index in [0.717, 1.165) is 4.90 Å². The second-order valence-electron chi connectivity index (χ2n) is 6.56. The molecule has 0 radical (unpaired) electrons. The SMILES string of the molecule is CCOc1ccc(OCC)c(N2C(=O)NC(=O)/C(=C\c3cc(OC)ccc3OC)C2=O)c1. The number of hydrogen-bond acceptors (Lipinski definition) is 7. The third kappa shape index (κ3) is 4.51. The zero-order valence-corrected chi connectivity index (χ0v) is 18.3. The van der Waals surface area contributed by atoms with Crippen LogP contribution in [0.15, 0.2) is 42.0 Å². The molecule has 168 valence electrons. The van der Waals surface area contributed by atoms with Crippen molar-refractivity contribution < 1.29 is 33.3 Å². The minimum absolute atomic E-state index is 0.163. The summed E-state index contributed by atoms with van der Waals surface area (Å²) in [6, 6.07) is 8.87. The van der Waals surface area contributed by atoms with Gasteiger partial charge in [0, 0.05) is 11.6 Å². The molecule has 9 nitrogen and oxygen atoms in total. The maximum atomic E-state index is 13.3. The highest BCUT2D eigenvalue weighted by Crippen LogP contribution is 2.35. The van der Waals surface area contributed by atoms with Crippen LogP contribution in [-0.2, 0) is 9.59 Å². The highest BCUT2D eigenvalue weighted by atomic mass is 16.5. The molecule has 4 amide bonds. The van der Waals surface area contributed by atoms with Gasteiger partial charge in [-0.15, -0.1) is 0 Å². The maximum Gasteiger partial charge on any atom is 0.336 e. The normalized spacial score (nSPS) is 14.9. The van der Waals surface area contributed by atoms with E-state index in [9.17, 15) is 14.4 Å². The average molecular weight is 440 g/mol. The van der Waals surface area contributed by atoms with Crippen LogP contribution in [-0.4, -0.2) is 45.3 Å². The molecule has 1 aliphatic heterocycles. The molecular weight excluding hydrogens is 416 g/mol. The number of rotatable bonds is 8. The van der Waals surface area contributed by atoms with Gasteiger partial charge in [0.05, 0.1) is 33.1 Å². The Bertz CT molecular complexity index is 1080. The number of ether oxygens (including phenoxy) is 4. The first-order chi connectivity index (χ1) is 15.4. The van der Waals surface area contributed by atoms with E-state index in [0.29, 0.717) is 41.8 Å². The van der Waals surface area contributed by atoms with Gasteiger partial charge in [-0.2, -0.15) is 0 Å². The van der Waals surface area contributed by atoms with Crippen LogP contribution in [0.4, 0.5) is 10.5 Å². The molecule has 0 spiro atoms. The van der Waals surface area contributed by atoms with Crippen LogP contribution in [0, 0.1) is 0 Å². The highest BCUT2D eigenvalue weighted by Gasteiger charge is 2.38. The van der Waals surface area contributed by atoms with Crippen molar-refractivity contribution in [3.63, 3.8) is 0 Å². The Kier molecular flexibility index (Phi) is 6.99. The summed E-state index contributed by atoms with van der Waals surface area (Å²) in [7, 11) is 2.97. The number of amides is 4. The lowest BCUT2D eigenvalue weighted by Gasteiger charge is -2.28. The Balaban J connectivity index is 2.10. The van der Waals surface area contributed by atoms with Gasteiger partial charge in [0.2, 0.25) is 0 Å². The molecule has 2 aromatic rings. The van der Waals surface area contributed by atoms with E-state index >= 15 is 0 Å². The molecule has 32 heavy (non-hydrogen) atoms. The molecule has 1 saturated heterocycles. The summed E-state index contributed by atoms with van der Waals surface area (Å²) < 4.78 is 21.6. The summed E-state index contributed by atoms with van der Waals surface area (Å²) >= 11 is 0. The van der Waals surface area contributed by atoms with Gasteiger partial charge in [0.15, 0.2) is 0 Å². The molecule has 0 saturated carbocycles. The fraction of sp³-hybridized carbons (Fsp3) is 0.261. The number of benzene rings is 2. The Morgan fingerprint density at radius 1 is 0.875 bits per heavy atom. The van der Waals surface area contributed by atoms with Crippen LogP contribution in [0.2, 0.25) is 0 Å². The molecule has 1 heterocycles. The standard InChI is InChI=1S/C23H24N2O7/c1-5-31-16-8-10-20(32-6-2)18(13-16)25-22(27)17(21(26)24-23(25)28)12-14-11-15(29-3)7-9-19(14)30-4/h7-13H,5-6H2,1-4H3,(H,24,26,28)/b17-12+. The first kappa shape index (κ1) is 22.7. The lowest BCUT2D eigenvalue weighted by atomic mass is 10.1. The summed E-state index contributed by atoms with van der Waals surface area (Å²) in [6.07, 6.45) is 1.35. The summed E-state index contributed by atoms with van der Waals surface area (Å²) in [5, 5.41) is 2.21. The van der Waals surface area contributed by atoms with Crippen molar-refractivity contribution in [2.45, 2.75) is 13.8 Å². The molecule has 0 aliphatic carbocycles. The molecule has 0 unspecified atom stereocenters. The summed E-state index contributed by atoms with van der Waals surface area (Å²) in [5.74, 6) is 0.0572. The molecule has 1 aliphatic rings. The molecule has 9 heteroatoms. The first-order valence-electron chi connectivity index (χ1n) is 9.96. The first-order valence-corrected chi connectivity index (χ1v) is 9.96.